The van der Waals surface area contributed by atoms with Gasteiger partial charge in [0.25, 0.3) is 0 Å². The number of nitrogens with zero attached hydrogens (tertiary/aromatic N) is 4. The van der Waals surface area contributed by atoms with Crippen LogP contribution in [-0.4, -0.2) is 38.7 Å². The summed E-state index contributed by atoms with van der Waals surface area (Å²) in [5.74, 6) is 1.56. The van der Waals surface area contributed by atoms with Crippen LogP contribution in [-0.2, 0) is 6.54 Å². The third-order valence-electron chi connectivity index (χ3n) is 6.71. The number of rotatable bonds is 5. The normalized spacial score (nSPS) is 25.3. The van der Waals surface area contributed by atoms with Crippen LogP contribution in [0, 0.1) is 11.8 Å². The van der Waals surface area contributed by atoms with Crippen LogP contribution in [0.25, 0.3) is 11.2 Å². The van der Waals surface area contributed by atoms with Crippen molar-refractivity contribution in [2.24, 2.45) is 11.8 Å². The fourth-order valence-corrected chi connectivity index (χ4v) is 5.10. The molecule has 1 saturated heterocycles. The van der Waals surface area contributed by atoms with Gasteiger partial charge in [-0.15, -0.1) is 0 Å². The number of hydrogen-bond donors (Lipinski definition) is 0. The molecule has 0 bridgehead atoms. The maximum Gasteiger partial charge on any atom is 0.330 e. The molecule has 0 N–H and O–H groups in total. The second kappa shape index (κ2) is 6.84. The van der Waals surface area contributed by atoms with Gasteiger partial charge in [0.15, 0.2) is 5.65 Å². The van der Waals surface area contributed by atoms with Gasteiger partial charge in [0.05, 0.1) is 11.6 Å². The molecule has 0 radical (unpaired) electrons. The smallest absolute Gasteiger partial charge is 0.301 e. The Bertz CT molecular complexity index is 828. The van der Waals surface area contributed by atoms with E-state index in [0.717, 1.165) is 43.1 Å². The largest absolute Gasteiger partial charge is 0.330 e. The molecule has 2 saturated carbocycles. The van der Waals surface area contributed by atoms with E-state index < -0.39 is 0 Å². The van der Waals surface area contributed by atoms with Crippen molar-refractivity contribution >= 4 is 11.2 Å². The van der Waals surface area contributed by atoms with Crippen molar-refractivity contribution < 1.29 is 0 Å². The van der Waals surface area contributed by atoms with Crippen LogP contribution in [0.4, 0.5) is 0 Å². The molecule has 3 aliphatic rings. The van der Waals surface area contributed by atoms with E-state index in [1.807, 2.05) is 21.4 Å². The quantitative estimate of drug-likeness (QED) is 0.826. The van der Waals surface area contributed by atoms with Gasteiger partial charge in [-0.25, -0.2) is 9.78 Å². The van der Waals surface area contributed by atoms with E-state index in [1.165, 1.54) is 51.5 Å². The van der Waals surface area contributed by atoms with Crippen LogP contribution in [0.3, 0.4) is 0 Å². The molecular weight excluding hydrogens is 324 g/mol. The van der Waals surface area contributed by atoms with Gasteiger partial charge in [-0.1, -0.05) is 19.3 Å². The van der Waals surface area contributed by atoms with Crippen LogP contribution in [0.1, 0.15) is 57.4 Å². The minimum Gasteiger partial charge on any atom is -0.301 e. The molecule has 5 heteroatoms. The number of aromatic nitrogens is 3. The zero-order valence-electron chi connectivity index (χ0n) is 15.6. The number of fused-ring (bicyclic) bond motifs is 1. The Morgan fingerprint density at radius 3 is 2.62 bits per heavy atom. The molecule has 5 rings (SSSR count). The monoisotopic (exact) mass is 354 g/mol. The summed E-state index contributed by atoms with van der Waals surface area (Å²) in [7, 11) is 0. The first-order valence-electron chi connectivity index (χ1n) is 10.6. The van der Waals surface area contributed by atoms with Crippen molar-refractivity contribution in [2.75, 3.05) is 19.6 Å². The van der Waals surface area contributed by atoms with Crippen LogP contribution < -0.4 is 5.69 Å². The lowest BCUT2D eigenvalue weighted by molar-refractivity contribution is 0.305. The Morgan fingerprint density at radius 1 is 1.00 bits per heavy atom. The summed E-state index contributed by atoms with van der Waals surface area (Å²) in [5.41, 5.74) is 2.10. The molecule has 0 aromatic carbocycles. The lowest BCUT2D eigenvalue weighted by Gasteiger charge is -2.21. The number of pyridine rings is 1. The Hall–Kier alpha value is -1.62. The lowest BCUT2D eigenvalue weighted by atomic mass is 9.89. The zero-order chi connectivity index (χ0) is 17.5. The summed E-state index contributed by atoms with van der Waals surface area (Å²) in [6, 6.07) is 4.34. The second-order valence-electron chi connectivity index (χ2n) is 8.76. The van der Waals surface area contributed by atoms with Gasteiger partial charge < -0.3 is 4.90 Å². The van der Waals surface area contributed by atoms with Gasteiger partial charge in [0.1, 0.15) is 0 Å². The van der Waals surface area contributed by atoms with E-state index in [9.17, 15) is 4.79 Å². The summed E-state index contributed by atoms with van der Waals surface area (Å²) in [4.78, 5) is 20.5. The molecule has 2 aromatic heterocycles. The van der Waals surface area contributed by atoms with Crippen LogP contribution >= 0.6 is 0 Å². The van der Waals surface area contributed by atoms with E-state index in [4.69, 9.17) is 0 Å². The van der Waals surface area contributed by atoms with Crippen LogP contribution in [0.15, 0.2) is 23.1 Å². The van der Waals surface area contributed by atoms with Gasteiger partial charge in [0.2, 0.25) is 0 Å². The van der Waals surface area contributed by atoms with Gasteiger partial charge in [-0.05, 0) is 56.1 Å². The molecule has 1 aliphatic heterocycles. The van der Waals surface area contributed by atoms with Crippen molar-refractivity contribution in [3.8, 4) is 0 Å². The molecule has 140 valence electrons. The first-order valence-corrected chi connectivity index (χ1v) is 10.6. The van der Waals surface area contributed by atoms with Crippen molar-refractivity contribution in [1.29, 1.82) is 0 Å². The van der Waals surface area contributed by atoms with Gasteiger partial charge in [0, 0.05) is 32.4 Å². The highest BCUT2D eigenvalue weighted by atomic mass is 16.1. The number of hydrogen-bond acceptors (Lipinski definition) is 3. The predicted molar refractivity (Wildman–Crippen MR) is 103 cm³/mol. The Balaban J connectivity index is 1.45. The third kappa shape index (κ3) is 3.11. The highest BCUT2D eigenvalue weighted by Crippen LogP contribution is 2.33. The maximum atomic E-state index is 13.4. The molecule has 1 atom stereocenters. The molecule has 5 nitrogen and oxygen atoms in total. The van der Waals surface area contributed by atoms with Crippen molar-refractivity contribution in [2.45, 2.75) is 64.0 Å². The molecule has 3 fully saturated rings. The Kier molecular flexibility index (Phi) is 4.35. The van der Waals surface area contributed by atoms with E-state index >= 15 is 0 Å². The summed E-state index contributed by atoms with van der Waals surface area (Å²) >= 11 is 0. The molecule has 26 heavy (non-hydrogen) atoms. The van der Waals surface area contributed by atoms with Crippen LogP contribution in [0.2, 0.25) is 0 Å². The standard InChI is InChI=1S/C21H30N4O/c26-21-24(14-16-5-2-1-3-6-16)19-7-4-11-22-20(19)25(21)18-10-12-23(15-18)13-17-8-9-17/h4,7,11,16-18H,1-3,5-6,8-10,12-15H2/t18-/m1/s1. The Morgan fingerprint density at radius 2 is 1.81 bits per heavy atom. The number of likely N-dealkylation sites (tertiary alicyclic amines) is 1. The van der Waals surface area contributed by atoms with Gasteiger partial charge >= 0.3 is 5.69 Å². The fraction of sp³-hybridized carbons (Fsp3) is 0.714. The SMILES string of the molecule is O=c1n(CC2CCCCC2)c2cccnc2n1[C@@H]1CCN(CC2CC2)C1. The van der Waals surface area contributed by atoms with Crippen molar-refractivity contribution in [1.82, 2.24) is 19.0 Å². The van der Waals surface area contributed by atoms with E-state index in [0.29, 0.717) is 5.92 Å². The minimum absolute atomic E-state index is 0.169. The number of imidazole rings is 1. The molecule has 0 amide bonds. The van der Waals surface area contributed by atoms with E-state index in [-0.39, 0.29) is 11.7 Å². The highest BCUT2D eigenvalue weighted by molar-refractivity contribution is 5.71. The first-order chi connectivity index (χ1) is 12.8. The van der Waals surface area contributed by atoms with Crippen molar-refractivity contribution in [3.63, 3.8) is 0 Å². The fourth-order valence-electron chi connectivity index (χ4n) is 5.10. The molecule has 0 spiro atoms. The molecule has 2 aromatic rings. The van der Waals surface area contributed by atoms with Crippen LogP contribution in [0.5, 0.6) is 0 Å². The molecule has 2 aliphatic carbocycles. The summed E-state index contributed by atoms with van der Waals surface area (Å²) in [6.07, 6.45) is 12.2. The topological polar surface area (TPSA) is 43.1 Å². The maximum absolute atomic E-state index is 13.4. The first kappa shape index (κ1) is 16.5. The van der Waals surface area contributed by atoms with Gasteiger partial charge in [-0.2, -0.15) is 0 Å². The lowest BCUT2D eigenvalue weighted by Crippen LogP contribution is -2.31. The van der Waals surface area contributed by atoms with E-state index in [2.05, 4.69) is 16.0 Å². The average Bonchev–Trinajstić information content (AvgIpc) is 3.30. The summed E-state index contributed by atoms with van der Waals surface area (Å²) in [5, 5.41) is 0. The third-order valence-corrected chi connectivity index (χ3v) is 6.71. The highest BCUT2D eigenvalue weighted by Gasteiger charge is 2.32. The molecule has 0 unspecified atom stereocenters. The van der Waals surface area contributed by atoms with E-state index in [1.54, 1.807) is 0 Å². The van der Waals surface area contributed by atoms with Crippen molar-refractivity contribution in [3.05, 3.63) is 28.8 Å². The summed E-state index contributed by atoms with van der Waals surface area (Å²) in [6.45, 7) is 4.22. The average molecular weight is 354 g/mol. The molecule has 3 heterocycles. The van der Waals surface area contributed by atoms with Gasteiger partial charge in [-0.3, -0.25) is 9.13 Å². The molecular formula is C21H30N4O. The second-order valence-corrected chi connectivity index (χ2v) is 8.76. The zero-order valence-corrected chi connectivity index (χ0v) is 15.6. The Labute approximate surface area is 155 Å². The summed E-state index contributed by atoms with van der Waals surface area (Å²) < 4.78 is 4.05. The predicted octanol–water partition coefficient (Wildman–Crippen LogP) is 3.44. The minimum atomic E-state index is 0.169.